The Kier molecular flexibility index (Phi) is 5.64. The van der Waals surface area contributed by atoms with Crippen molar-refractivity contribution in [3.8, 4) is 0 Å². The molecule has 1 amide bonds. The fraction of sp³-hybridized carbons (Fsp3) is 0.267. The van der Waals surface area contributed by atoms with Crippen LogP contribution in [0.15, 0.2) is 29.4 Å². The molecule has 0 aliphatic heterocycles. The van der Waals surface area contributed by atoms with E-state index in [1.165, 1.54) is 18.9 Å². The number of amides is 1. The molecule has 0 atom stereocenters. The maximum absolute atomic E-state index is 12.0. The Bertz CT molecular complexity index is 736. The van der Waals surface area contributed by atoms with Crippen molar-refractivity contribution in [2.24, 2.45) is 0 Å². The Morgan fingerprint density at radius 2 is 2.00 bits per heavy atom. The lowest BCUT2D eigenvalue weighted by atomic mass is 10.2. The SMILES string of the molecule is COC(=O)c1cccc(NC(=O)CSc2nnc(C)c(C)n2)c1. The normalized spacial score (nSPS) is 10.2. The van der Waals surface area contributed by atoms with Gasteiger partial charge in [0.2, 0.25) is 11.1 Å². The molecule has 0 bridgehead atoms. The van der Waals surface area contributed by atoms with Crippen molar-refractivity contribution >= 4 is 29.3 Å². The largest absolute Gasteiger partial charge is 0.465 e. The van der Waals surface area contributed by atoms with E-state index in [-0.39, 0.29) is 11.7 Å². The number of carbonyl (C=O) groups is 2. The van der Waals surface area contributed by atoms with Crippen molar-refractivity contribution in [2.45, 2.75) is 19.0 Å². The Labute approximate surface area is 137 Å². The number of hydrogen-bond donors (Lipinski definition) is 1. The highest BCUT2D eigenvalue weighted by Gasteiger charge is 2.09. The van der Waals surface area contributed by atoms with Crippen molar-refractivity contribution in [1.29, 1.82) is 0 Å². The second kappa shape index (κ2) is 7.68. The van der Waals surface area contributed by atoms with E-state index in [0.29, 0.717) is 16.4 Å². The van der Waals surface area contributed by atoms with E-state index in [9.17, 15) is 9.59 Å². The lowest BCUT2D eigenvalue weighted by Gasteiger charge is -2.06. The van der Waals surface area contributed by atoms with Gasteiger partial charge >= 0.3 is 5.97 Å². The summed E-state index contributed by atoms with van der Waals surface area (Å²) in [6.07, 6.45) is 0. The molecule has 1 aromatic heterocycles. The van der Waals surface area contributed by atoms with E-state index < -0.39 is 5.97 Å². The Morgan fingerprint density at radius 3 is 2.70 bits per heavy atom. The average molecular weight is 332 g/mol. The van der Waals surface area contributed by atoms with Crippen LogP contribution in [0.2, 0.25) is 0 Å². The zero-order chi connectivity index (χ0) is 16.8. The average Bonchev–Trinajstić information content (AvgIpc) is 2.55. The van der Waals surface area contributed by atoms with Gasteiger partial charge in [-0.3, -0.25) is 4.79 Å². The van der Waals surface area contributed by atoms with Crippen LogP contribution < -0.4 is 5.32 Å². The molecule has 8 heteroatoms. The van der Waals surface area contributed by atoms with E-state index >= 15 is 0 Å². The number of ether oxygens (including phenoxy) is 1. The van der Waals surface area contributed by atoms with Crippen molar-refractivity contribution < 1.29 is 14.3 Å². The molecule has 0 spiro atoms. The van der Waals surface area contributed by atoms with E-state index in [4.69, 9.17) is 0 Å². The van der Waals surface area contributed by atoms with Crippen LogP contribution in [0.4, 0.5) is 5.69 Å². The summed E-state index contributed by atoms with van der Waals surface area (Å²) in [5, 5.41) is 11.1. The molecular weight excluding hydrogens is 316 g/mol. The number of anilines is 1. The predicted octanol–water partition coefficient (Wildman–Crippen LogP) is 2.01. The molecule has 120 valence electrons. The number of nitrogens with one attached hydrogen (secondary N) is 1. The summed E-state index contributed by atoms with van der Waals surface area (Å²) in [4.78, 5) is 27.7. The van der Waals surface area contributed by atoms with Crippen LogP contribution in [0.5, 0.6) is 0 Å². The summed E-state index contributed by atoms with van der Waals surface area (Å²) in [6.45, 7) is 3.66. The summed E-state index contributed by atoms with van der Waals surface area (Å²) in [5.74, 6) is -0.531. The first kappa shape index (κ1) is 16.9. The summed E-state index contributed by atoms with van der Waals surface area (Å²) >= 11 is 1.20. The summed E-state index contributed by atoms with van der Waals surface area (Å²) in [5.41, 5.74) is 2.45. The van der Waals surface area contributed by atoms with Gasteiger partial charge in [0.1, 0.15) is 0 Å². The van der Waals surface area contributed by atoms with Crippen LogP contribution in [-0.4, -0.2) is 39.9 Å². The minimum atomic E-state index is -0.454. The lowest BCUT2D eigenvalue weighted by Crippen LogP contribution is -2.15. The molecular formula is C15H16N4O3S. The maximum Gasteiger partial charge on any atom is 0.337 e. The lowest BCUT2D eigenvalue weighted by molar-refractivity contribution is -0.113. The fourth-order valence-electron chi connectivity index (χ4n) is 1.67. The van der Waals surface area contributed by atoms with Gasteiger partial charge in [-0.15, -0.1) is 5.10 Å². The van der Waals surface area contributed by atoms with Crippen LogP contribution in [0, 0.1) is 13.8 Å². The number of aromatic nitrogens is 3. The zero-order valence-electron chi connectivity index (χ0n) is 13.0. The molecule has 0 fully saturated rings. The molecule has 0 aliphatic carbocycles. The van der Waals surface area contributed by atoms with Gasteiger partial charge < -0.3 is 10.1 Å². The van der Waals surface area contributed by atoms with Gasteiger partial charge in [-0.1, -0.05) is 17.8 Å². The number of esters is 1. The Morgan fingerprint density at radius 1 is 1.22 bits per heavy atom. The highest BCUT2D eigenvalue weighted by molar-refractivity contribution is 7.99. The van der Waals surface area contributed by atoms with Gasteiger partial charge in [-0.2, -0.15) is 5.10 Å². The van der Waals surface area contributed by atoms with Crippen molar-refractivity contribution in [3.63, 3.8) is 0 Å². The highest BCUT2D eigenvalue weighted by atomic mass is 32.2. The maximum atomic E-state index is 12.0. The van der Waals surface area contributed by atoms with Crippen LogP contribution in [0.1, 0.15) is 21.7 Å². The van der Waals surface area contributed by atoms with Crippen molar-refractivity contribution in [2.75, 3.05) is 18.2 Å². The van der Waals surface area contributed by atoms with Crippen molar-refractivity contribution in [3.05, 3.63) is 41.2 Å². The van der Waals surface area contributed by atoms with Crippen molar-refractivity contribution in [1.82, 2.24) is 15.2 Å². The Hall–Kier alpha value is -2.48. The van der Waals surface area contributed by atoms with Crippen LogP contribution in [-0.2, 0) is 9.53 Å². The topological polar surface area (TPSA) is 94.1 Å². The van der Waals surface area contributed by atoms with E-state index in [2.05, 4.69) is 25.2 Å². The number of carbonyl (C=O) groups excluding carboxylic acids is 2. The first-order valence-electron chi connectivity index (χ1n) is 6.78. The smallest absolute Gasteiger partial charge is 0.337 e. The molecule has 0 unspecified atom stereocenters. The molecule has 2 aromatic rings. The minimum absolute atomic E-state index is 0.145. The molecule has 7 nitrogen and oxygen atoms in total. The first-order valence-corrected chi connectivity index (χ1v) is 7.77. The number of methoxy groups -OCH3 is 1. The van der Waals surface area contributed by atoms with Gasteiger partial charge in [0.05, 0.1) is 29.8 Å². The predicted molar refractivity (Wildman–Crippen MR) is 86.4 cm³/mol. The first-order chi connectivity index (χ1) is 11.0. The van der Waals surface area contributed by atoms with Gasteiger partial charge in [0, 0.05) is 5.69 Å². The van der Waals surface area contributed by atoms with E-state index in [1.54, 1.807) is 24.3 Å². The minimum Gasteiger partial charge on any atom is -0.465 e. The summed E-state index contributed by atoms with van der Waals surface area (Å²) in [6, 6.07) is 6.54. The summed E-state index contributed by atoms with van der Waals surface area (Å²) in [7, 11) is 1.31. The molecule has 0 saturated heterocycles. The van der Waals surface area contributed by atoms with Crippen LogP contribution in [0.25, 0.3) is 0 Å². The number of benzene rings is 1. The van der Waals surface area contributed by atoms with Gasteiger partial charge in [0.15, 0.2) is 0 Å². The number of rotatable bonds is 5. The third-order valence-electron chi connectivity index (χ3n) is 2.97. The van der Waals surface area contributed by atoms with Gasteiger partial charge in [-0.05, 0) is 32.0 Å². The number of nitrogens with zero attached hydrogens (tertiary/aromatic N) is 3. The molecule has 0 radical (unpaired) electrons. The van der Waals surface area contributed by atoms with Gasteiger partial charge in [-0.25, -0.2) is 9.78 Å². The fourth-order valence-corrected chi connectivity index (χ4v) is 2.30. The second-order valence-corrected chi connectivity index (χ2v) is 5.62. The molecule has 23 heavy (non-hydrogen) atoms. The summed E-state index contributed by atoms with van der Waals surface area (Å²) < 4.78 is 4.64. The zero-order valence-corrected chi connectivity index (χ0v) is 13.8. The van der Waals surface area contributed by atoms with Crippen LogP contribution in [0.3, 0.4) is 0 Å². The molecule has 1 N–H and O–H groups in total. The third kappa shape index (κ3) is 4.75. The molecule has 1 heterocycles. The Balaban J connectivity index is 1.94. The van der Waals surface area contributed by atoms with E-state index in [0.717, 1.165) is 11.4 Å². The molecule has 0 saturated carbocycles. The molecule has 2 rings (SSSR count). The standard InChI is InChI=1S/C15H16N4O3S/c1-9-10(2)18-19-15(16-9)23-8-13(20)17-12-6-4-5-11(7-12)14(21)22-3/h4-7H,8H2,1-3H3,(H,17,20). The quantitative estimate of drug-likeness (QED) is 0.661. The van der Waals surface area contributed by atoms with Gasteiger partial charge in [0.25, 0.3) is 0 Å². The number of thioether (sulfide) groups is 1. The molecule has 0 aliphatic rings. The monoisotopic (exact) mass is 332 g/mol. The second-order valence-electron chi connectivity index (χ2n) is 4.67. The third-order valence-corrected chi connectivity index (χ3v) is 3.81. The number of aryl methyl sites for hydroxylation is 2. The van der Waals surface area contributed by atoms with Crippen LogP contribution >= 0.6 is 11.8 Å². The van der Waals surface area contributed by atoms with E-state index in [1.807, 2.05) is 13.8 Å². The molecule has 1 aromatic carbocycles. The number of hydrogen-bond acceptors (Lipinski definition) is 7. The highest BCUT2D eigenvalue weighted by Crippen LogP contribution is 2.15.